The second kappa shape index (κ2) is 7.25. The summed E-state index contributed by atoms with van der Waals surface area (Å²) in [5, 5.41) is 0.830. The van der Waals surface area contributed by atoms with Crippen molar-refractivity contribution in [2.75, 3.05) is 24.5 Å². The van der Waals surface area contributed by atoms with E-state index in [0.717, 1.165) is 35.9 Å². The average Bonchev–Trinajstić information content (AvgIpc) is 3.51. The van der Waals surface area contributed by atoms with Crippen molar-refractivity contribution in [1.82, 2.24) is 8.87 Å². The lowest BCUT2D eigenvalue weighted by atomic mass is 10.2. The van der Waals surface area contributed by atoms with Gasteiger partial charge >= 0.3 is 0 Å². The number of anilines is 1. The van der Waals surface area contributed by atoms with Crippen molar-refractivity contribution in [2.24, 2.45) is 0 Å². The minimum absolute atomic E-state index is 0.0474. The van der Waals surface area contributed by atoms with Gasteiger partial charge in [0.1, 0.15) is 6.04 Å². The molecule has 1 fully saturated rings. The van der Waals surface area contributed by atoms with E-state index in [9.17, 15) is 13.2 Å². The van der Waals surface area contributed by atoms with Crippen LogP contribution in [-0.2, 0) is 21.2 Å². The Bertz CT molecular complexity index is 1230. The van der Waals surface area contributed by atoms with Gasteiger partial charge in [0.15, 0.2) is 0 Å². The number of fused-ring (bicyclic) bond motifs is 2. The molecule has 0 aliphatic carbocycles. The first-order valence-electron chi connectivity index (χ1n) is 10.5. The Morgan fingerprint density at radius 2 is 1.77 bits per heavy atom. The lowest BCUT2D eigenvalue weighted by molar-refractivity contribution is -0.121. The number of aromatic nitrogens is 1. The summed E-state index contributed by atoms with van der Waals surface area (Å²) in [6.45, 7) is 3.77. The molecule has 2 aliphatic heterocycles. The monoisotopic (exact) mass is 423 g/mol. The number of hydrogen-bond acceptors (Lipinski definition) is 3. The Hall–Kier alpha value is -2.64. The third-order valence-electron chi connectivity index (χ3n) is 6.32. The highest BCUT2D eigenvalue weighted by Crippen LogP contribution is 2.31. The molecule has 1 aromatic heterocycles. The van der Waals surface area contributed by atoms with Gasteiger partial charge in [-0.3, -0.25) is 4.79 Å². The van der Waals surface area contributed by atoms with Gasteiger partial charge in [0.2, 0.25) is 15.9 Å². The highest BCUT2D eigenvalue weighted by molar-refractivity contribution is 7.89. The molecule has 3 aromatic rings. The van der Waals surface area contributed by atoms with Crippen molar-refractivity contribution in [3.63, 3.8) is 0 Å². The zero-order valence-electron chi connectivity index (χ0n) is 17.0. The van der Waals surface area contributed by atoms with Gasteiger partial charge in [-0.15, -0.1) is 0 Å². The first-order chi connectivity index (χ1) is 14.5. The normalized spacial score (nSPS) is 18.1. The minimum atomic E-state index is -3.46. The SMILES string of the molecule is CC(C(=O)N1CCc2ccccc21)n1ccc2cc(S(=O)(=O)N3CCCC3)ccc21. The summed E-state index contributed by atoms with van der Waals surface area (Å²) < 4.78 is 29.2. The molecule has 7 heteroatoms. The van der Waals surface area contributed by atoms with Crippen molar-refractivity contribution in [1.29, 1.82) is 0 Å². The smallest absolute Gasteiger partial charge is 0.249 e. The average molecular weight is 424 g/mol. The fraction of sp³-hybridized carbons (Fsp3) is 0.348. The standard InChI is InChI=1S/C23H25N3O3S/c1-17(23(27)26-15-10-18-6-2-3-7-21(18)26)25-14-11-19-16-20(8-9-22(19)25)30(28,29)24-12-4-5-13-24/h2-3,6-9,11,14,16-17H,4-5,10,12-13,15H2,1H3. The summed E-state index contributed by atoms with van der Waals surface area (Å²) in [6, 6.07) is 14.7. The topological polar surface area (TPSA) is 62.6 Å². The number of para-hydroxylation sites is 1. The van der Waals surface area contributed by atoms with Crippen LogP contribution in [0.3, 0.4) is 0 Å². The first-order valence-corrected chi connectivity index (χ1v) is 11.9. The van der Waals surface area contributed by atoms with Crippen molar-refractivity contribution < 1.29 is 13.2 Å². The van der Waals surface area contributed by atoms with Crippen molar-refractivity contribution >= 4 is 32.5 Å². The molecule has 0 spiro atoms. The molecule has 156 valence electrons. The maximum atomic E-state index is 13.3. The Kier molecular flexibility index (Phi) is 4.67. The third kappa shape index (κ3) is 3.04. The largest absolute Gasteiger partial charge is 0.335 e. The van der Waals surface area contributed by atoms with E-state index in [4.69, 9.17) is 0 Å². The van der Waals surface area contributed by atoms with Gasteiger partial charge < -0.3 is 9.47 Å². The molecule has 1 atom stereocenters. The van der Waals surface area contributed by atoms with E-state index < -0.39 is 10.0 Å². The summed E-state index contributed by atoms with van der Waals surface area (Å²) in [4.78, 5) is 15.4. The Morgan fingerprint density at radius 1 is 1.00 bits per heavy atom. The van der Waals surface area contributed by atoms with Gasteiger partial charge in [0.05, 0.1) is 4.90 Å². The first kappa shape index (κ1) is 19.3. The van der Waals surface area contributed by atoms with Crippen LogP contribution < -0.4 is 4.90 Å². The molecule has 0 radical (unpaired) electrons. The van der Waals surface area contributed by atoms with Crippen LogP contribution in [0.15, 0.2) is 59.6 Å². The van der Waals surface area contributed by atoms with Gasteiger partial charge in [0.25, 0.3) is 0 Å². The maximum Gasteiger partial charge on any atom is 0.249 e. The van der Waals surface area contributed by atoms with E-state index in [-0.39, 0.29) is 11.9 Å². The lowest BCUT2D eigenvalue weighted by Gasteiger charge is -2.23. The number of benzene rings is 2. The van der Waals surface area contributed by atoms with Gasteiger partial charge in [-0.25, -0.2) is 8.42 Å². The molecule has 0 saturated carbocycles. The Labute approximate surface area is 176 Å². The molecule has 6 nitrogen and oxygen atoms in total. The van der Waals surface area contributed by atoms with E-state index in [0.29, 0.717) is 24.5 Å². The number of amides is 1. The number of nitrogens with zero attached hydrogens (tertiary/aromatic N) is 3. The van der Waals surface area contributed by atoms with Crippen molar-refractivity contribution in [3.05, 3.63) is 60.3 Å². The predicted molar refractivity (Wildman–Crippen MR) is 117 cm³/mol. The van der Waals surface area contributed by atoms with Crippen LogP contribution in [0, 0.1) is 0 Å². The van der Waals surface area contributed by atoms with Crippen LogP contribution >= 0.6 is 0 Å². The zero-order valence-corrected chi connectivity index (χ0v) is 17.8. The molecule has 1 amide bonds. The fourth-order valence-electron chi connectivity index (χ4n) is 4.63. The number of rotatable bonds is 4. The van der Waals surface area contributed by atoms with Gasteiger partial charge in [-0.2, -0.15) is 4.31 Å². The predicted octanol–water partition coefficient (Wildman–Crippen LogP) is 3.58. The van der Waals surface area contributed by atoms with E-state index in [1.807, 2.05) is 52.9 Å². The summed E-state index contributed by atoms with van der Waals surface area (Å²) in [5.74, 6) is 0.0474. The van der Waals surface area contributed by atoms with Crippen LogP contribution in [0.2, 0.25) is 0 Å². The van der Waals surface area contributed by atoms with Crippen molar-refractivity contribution in [2.45, 2.75) is 37.1 Å². The summed E-state index contributed by atoms with van der Waals surface area (Å²) in [7, 11) is -3.46. The van der Waals surface area contributed by atoms with Crippen molar-refractivity contribution in [3.8, 4) is 0 Å². The summed E-state index contributed by atoms with van der Waals surface area (Å²) in [5.41, 5.74) is 3.06. The second-order valence-electron chi connectivity index (χ2n) is 8.10. The number of carbonyl (C=O) groups is 1. The Balaban J connectivity index is 1.45. The molecule has 3 heterocycles. The molecule has 2 aromatic carbocycles. The van der Waals surface area contributed by atoms with E-state index in [1.165, 1.54) is 5.56 Å². The molecule has 0 N–H and O–H groups in total. The molecule has 5 rings (SSSR count). The summed E-state index contributed by atoms with van der Waals surface area (Å²) >= 11 is 0. The number of carbonyl (C=O) groups excluding carboxylic acids is 1. The van der Waals surface area contributed by atoms with Gasteiger partial charge in [-0.1, -0.05) is 18.2 Å². The molecular weight excluding hydrogens is 398 g/mol. The van der Waals surface area contributed by atoms with Gasteiger partial charge in [-0.05, 0) is 62.1 Å². The minimum Gasteiger partial charge on any atom is -0.335 e. The Morgan fingerprint density at radius 3 is 2.57 bits per heavy atom. The van der Waals surface area contributed by atoms with Crippen LogP contribution in [0.4, 0.5) is 5.69 Å². The van der Waals surface area contributed by atoms with E-state index >= 15 is 0 Å². The quantitative estimate of drug-likeness (QED) is 0.644. The van der Waals surface area contributed by atoms with Crippen LogP contribution in [0.5, 0.6) is 0 Å². The molecule has 1 unspecified atom stereocenters. The molecule has 1 saturated heterocycles. The van der Waals surface area contributed by atoms with Gasteiger partial charge in [0, 0.05) is 42.4 Å². The molecule has 2 aliphatic rings. The zero-order chi connectivity index (χ0) is 20.9. The molecular formula is C23H25N3O3S. The van der Waals surface area contributed by atoms with E-state index in [1.54, 1.807) is 16.4 Å². The highest BCUT2D eigenvalue weighted by atomic mass is 32.2. The van der Waals surface area contributed by atoms with Crippen LogP contribution in [-0.4, -0.2) is 42.8 Å². The highest BCUT2D eigenvalue weighted by Gasteiger charge is 2.30. The lowest BCUT2D eigenvalue weighted by Crippen LogP contribution is -2.34. The number of sulfonamides is 1. The van der Waals surface area contributed by atoms with Crippen LogP contribution in [0.1, 0.15) is 31.4 Å². The third-order valence-corrected chi connectivity index (χ3v) is 8.22. The fourth-order valence-corrected chi connectivity index (χ4v) is 6.18. The van der Waals surface area contributed by atoms with E-state index in [2.05, 4.69) is 6.07 Å². The second-order valence-corrected chi connectivity index (χ2v) is 10.0. The number of hydrogen-bond donors (Lipinski definition) is 0. The molecule has 0 bridgehead atoms. The maximum absolute atomic E-state index is 13.3. The van der Waals surface area contributed by atoms with Crippen LogP contribution in [0.25, 0.3) is 10.9 Å². The summed E-state index contributed by atoms with van der Waals surface area (Å²) in [6.07, 6.45) is 4.58. The molecule has 30 heavy (non-hydrogen) atoms.